The quantitative estimate of drug-likeness (QED) is 0.301. The number of sulfonamides is 1. The van der Waals surface area contributed by atoms with Crippen LogP contribution in [0.2, 0.25) is 15.1 Å². The maximum Gasteiger partial charge on any atom is 0.260 e. The van der Waals surface area contributed by atoms with Gasteiger partial charge in [-0.05, 0) is 59.7 Å². The third-order valence-corrected chi connectivity index (χ3v) is 6.64. The van der Waals surface area contributed by atoms with E-state index in [1.54, 1.807) is 36.4 Å². The number of ether oxygens (including phenoxy) is 1. The Morgan fingerprint density at radius 2 is 1.76 bits per heavy atom. The topological polar surface area (TPSA) is 88.1 Å². The van der Waals surface area contributed by atoms with Gasteiger partial charge in [0.2, 0.25) is 10.0 Å². The van der Waals surface area contributed by atoms with Crippen LogP contribution in [0.4, 0.5) is 5.69 Å². The maximum absolute atomic E-state index is 12.3. The van der Waals surface area contributed by atoms with E-state index in [1.807, 2.05) is 18.2 Å². The number of nitrogens with zero attached hydrogens (tertiary/aromatic N) is 2. The number of hydrogen-bond acceptors (Lipinski definition) is 5. The van der Waals surface area contributed by atoms with Gasteiger partial charge in [0, 0.05) is 5.02 Å². The third kappa shape index (κ3) is 7.36. The molecule has 0 heterocycles. The molecule has 3 aromatic carbocycles. The van der Waals surface area contributed by atoms with E-state index in [2.05, 4.69) is 10.5 Å². The van der Waals surface area contributed by atoms with E-state index in [0.717, 1.165) is 16.1 Å². The number of benzene rings is 3. The molecule has 0 bridgehead atoms. The van der Waals surface area contributed by atoms with Crippen molar-refractivity contribution in [1.29, 1.82) is 0 Å². The molecule has 1 N–H and O–H groups in total. The summed E-state index contributed by atoms with van der Waals surface area (Å²) >= 11 is 18.1. The van der Waals surface area contributed by atoms with Crippen LogP contribution in [0.1, 0.15) is 11.1 Å². The highest BCUT2D eigenvalue weighted by Gasteiger charge is 2.23. The molecule has 0 atom stereocenters. The molecule has 1 amide bonds. The molecule has 3 aromatic rings. The van der Waals surface area contributed by atoms with Crippen LogP contribution in [0.25, 0.3) is 0 Å². The highest BCUT2D eigenvalue weighted by Crippen LogP contribution is 2.33. The molecule has 178 valence electrons. The Hall–Kier alpha value is -2.78. The van der Waals surface area contributed by atoms with Crippen molar-refractivity contribution in [1.82, 2.24) is 5.43 Å². The predicted molar refractivity (Wildman–Crippen MR) is 137 cm³/mol. The van der Waals surface area contributed by atoms with E-state index in [9.17, 15) is 13.2 Å². The standard InChI is InChI=1S/C23H20Cl3N3O4S/c1-34(31,32)29(21-7-3-6-20(25)23(21)26)14-22(30)28-27-13-16-8-10-19(11-9-16)33-15-17-4-2-5-18(24)12-17/h2-13H,14-15H2,1H3,(H,28,30)/b27-13+. The SMILES string of the molecule is CS(=O)(=O)N(CC(=O)N/N=C/c1ccc(OCc2cccc(Cl)c2)cc1)c1cccc(Cl)c1Cl. The number of carbonyl (C=O) groups is 1. The molecular weight excluding hydrogens is 521 g/mol. The van der Waals surface area contributed by atoms with Crippen LogP contribution in [0.5, 0.6) is 5.75 Å². The third-order valence-electron chi connectivity index (χ3n) is 4.46. The lowest BCUT2D eigenvalue weighted by Crippen LogP contribution is -2.39. The molecule has 0 aromatic heterocycles. The monoisotopic (exact) mass is 539 g/mol. The smallest absolute Gasteiger partial charge is 0.260 e. The van der Waals surface area contributed by atoms with Gasteiger partial charge in [0.05, 0.1) is 28.2 Å². The van der Waals surface area contributed by atoms with E-state index in [1.165, 1.54) is 18.3 Å². The first-order valence-corrected chi connectivity index (χ1v) is 12.8. The minimum Gasteiger partial charge on any atom is -0.489 e. The lowest BCUT2D eigenvalue weighted by Gasteiger charge is -2.22. The molecule has 0 aliphatic carbocycles. The summed E-state index contributed by atoms with van der Waals surface area (Å²) in [6.07, 6.45) is 2.40. The van der Waals surface area contributed by atoms with Crippen LogP contribution in [0.3, 0.4) is 0 Å². The first kappa shape index (κ1) is 25.8. The zero-order valence-electron chi connectivity index (χ0n) is 17.9. The fourth-order valence-electron chi connectivity index (χ4n) is 2.85. The van der Waals surface area contributed by atoms with E-state index in [-0.39, 0.29) is 15.7 Å². The van der Waals surface area contributed by atoms with Crippen molar-refractivity contribution in [2.45, 2.75) is 6.61 Å². The van der Waals surface area contributed by atoms with Crippen LogP contribution < -0.4 is 14.5 Å². The number of nitrogens with one attached hydrogen (secondary N) is 1. The molecule has 11 heteroatoms. The van der Waals surface area contributed by atoms with Crippen molar-refractivity contribution in [3.63, 3.8) is 0 Å². The van der Waals surface area contributed by atoms with Gasteiger partial charge in [-0.15, -0.1) is 0 Å². The van der Waals surface area contributed by atoms with Crippen molar-refractivity contribution >= 4 is 62.6 Å². The zero-order chi connectivity index (χ0) is 24.7. The number of rotatable bonds is 9. The largest absolute Gasteiger partial charge is 0.489 e. The zero-order valence-corrected chi connectivity index (χ0v) is 21.0. The number of carbonyl (C=O) groups excluding carboxylic acids is 1. The van der Waals surface area contributed by atoms with Crippen LogP contribution in [0.15, 0.2) is 71.8 Å². The molecular formula is C23H20Cl3N3O4S. The second-order valence-electron chi connectivity index (χ2n) is 7.12. The molecule has 0 saturated heterocycles. The summed E-state index contributed by atoms with van der Waals surface area (Å²) in [5.74, 6) is 0.00236. The molecule has 0 fully saturated rings. The Balaban J connectivity index is 1.57. The molecule has 0 saturated carbocycles. The minimum atomic E-state index is -3.81. The number of hydrazone groups is 1. The fourth-order valence-corrected chi connectivity index (χ4v) is 4.38. The average Bonchev–Trinajstić information content (AvgIpc) is 2.78. The van der Waals surface area contributed by atoms with Gasteiger partial charge in [0.15, 0.2) is 0 Å². The highest BCUT2D eigenvalue weighted by molar-refractivity contribution is 7.92. The summed E-state index contributed by atoms with van der Waals surface area (Å²) in [5.41, 5.74) is 4.06. The second-order valence-corrected chi connectivity index (χ2v) is 10.3. The lowest BCUT2D eigenvalue weighted by atomic mass is 10.2. The van der Waals surface area contributed by atoms with Crippen LogP contribution >= 0.6 is 34.8 Å². The van der Waals surface area contributed by atoms with Gasteiger partial charge >= 0.3 is 0 Å². The second kappa shape index (κ2) is 11.6. The molecule has 3 rings (SSSR count). The summed E-state index contributed by atoms with van der Waals surface area (Å²) in [6.45, 7) is -0.149. The molecule has 0 aliphatic heterocycles. The van der Waals surface area contributed by atoms with Gasteiger partial charge in [0.25, 0.3) is 5.91 Å². The maximum atomic E-state index is 12.3. The molecule has 0 unspecified atom stereocenters. The van der Waals surface area contributed by atoms with Gasteiger partial charge in [0.1, 0.15) is 18.9 Å². The normalized spacial score (nSPS) is 11.4. The predicted octanol–water partition coefficient (Wildman–Crippen LogP) is 5.14. The highest BCUT2D eigenvalue weighted by atomic mass is 35.5. The van der Waals surface area contributed by atoms with Gasteiger partial charge in [-0.3, -0.25) is 9.10 Å². The number of hydrogen-bond donors (Lipinski definition) is 1. The van der Waals surface area contributed by atoms with Gasteiger partial charge in [-0.1, -0.05) is 53.0 Å². The summed E-state index contributed by atoms with van der Waals surface area (Å²) in [4.78, 5) is 12.3. The lowest BCUT2D eigenvalue weighted by molar-refractivity contribution is -0.119. The summed E-state index contributed by atoms with van der Waals surface area (Å²) in [7, 11) is -3.81. The fraction of sp³-hybridized carbons (Fsp3) is 0.130. The van der Waals surface area contributed by atoms with Crippen molar-refractivity contribution in [2.75, 3.05) is 17.1 Å². The van der Waals surface area contributed by atoms with Gasteiger partial charge < -0.3 is 4.74 Å². The Kier molecular flexibility index (Phi) is 8.79. The van der Waals surface area contributed by atoms with Crippen molar-refractivity contribution < 1.29 is 17.9 Å². The first-order valence-electron chi connectivity index (χ1n) is 9.84. The summed E-state index contributed by atoms with van der Waals surface area (Å²) < 4.78 is 31.0. The van der Waals surface area contributed by atoms with E-state index >= 15 is 0 Å². The molecule has 0 aliphatic rings. The Labute approximate surface area is 212 Å². The Morgan fingerprint density at radius 1 is 1.06 bits per heavy atom. The Morgan fingerprint density at radius 3 is 2.44 bits per heavy atom. The van der Waals surface area contributed by atoms with Crippen LogP contribution in [-0.2, 0) is 21.4 Å². The van der Waals surface area contributed by atoms with E-state index < -0.39 is 22.5 Å². The van der Waals surface area contributed by atoms with Gasteiger partial charge in [-0.2, -0.15) is 5.10 Å². The molecule has 0 spiro atoms. The Bertz CT molecular complexity index is 1300. The number of anilines is 1. The van der Waals surface area contributed by atoms with Crippen LogP contribution in [0, 0.1) is 0 Å². The average molecular weight is 541 g/mol. The number of amides is 1. The van der Waals surface area contributed by atoms with Crippen LogP contribution in [-0.4, -0.2) is 33.3 Å². The summed E-state index contributed by atoms with van der Waals surface area (Å²) in [5, 5.41) is 4.73. The van der Waals surface area contributed by atoms with Gasteiger partial charge in [-0.25, -0.2) is 13.8 Å². The molecule has 34 heavy (non-hydrogen) atoms. The van der Waals surface area contributed by atoms with Crippen molar-refractivity contribution in [3.8, 4) is 5.75 Å². The first-order chi connectivity index (χ1) is 16.1. The molecule has 0 radical (unpaired) electrons. The van der Waals surface area contributed by atoms with Crippen molar-refractivity contribution in [2.24, 2.45) is 5.10 Å². The minimum absolute atomic E-state index is 0.0311. The van der Waals surface area contributed by atoms with E-state index in [4.69, 9.17) is 39.5 Å². The van der Waals surface area contributed by atoms with Crippen molar-refractivity contribution in [3.05, 3.63) is 92.9 Å². The number of halogens is 3. The summed E-state index contributed by atoms with van der Waals surface area (Å²) in [6, 6.07) is 19.0. The molecule has 7 nitrogen and oxygen atoms in total. The van der Waals surface area contributed by atoms with E-state index in [0.29, 0.717) is 22.9 Å².